The third-order valence-corrected chi connectivity index (χ3v) is 3.90. The molecule has 0 fully saturated rings. The Morgan fingerprint density at radius 3 is 2.11 bits per heavy atom. The third-order valence-electron chi connectivity index (χ3n) is 3.90. The van der Waals surface area contributed by atoms with Gasteiger partial charge in [0.05, 0.1) is 17.6 Å². The molecule has 0 aromatic carbocycles. The number of rotatable bonds is 9. The molecule has 18 heavy (non-hydrogen) atoms. The van der Waals surface area contributed by atoms with E-state index in [9.17, 15) is 9.90 Å². The number of esters is 1. The number of unbranched alkanes of at least 4 members (excludes halogenated alkanes) is 4. The van der Waals surface area contributed by atoms with E-state index in [1.165, 1.54) is 19.3 Å². The van der Waals surface area contributed by atoms with Crippen LogP contribution in [0, 0.1) is 5.41 Å². The Hall–Kier alpha value is -0.570. The van der Waals surface area contributed by atoms with Crippen molar-refractivity contribution in [3.05, 3.63) is 0 Å². The van der Waals surface area contributed by atoms with Gasteiger partial charge in [-0.05, 0) is 34.1 Å². The maximum atomic E-state index is 11.9. The van der Waals surface area contributed by atoms with E-state index in [0.29, 0.717) is 13.0 Å². The maximum absolute atomic E-state index is 11.9. The van der Waals surface area contributed by atoms with Crippen LogP contribution < -0.4 is 0 Å². The second-order valence-electron chi connectivity index (χ2n) is 5.78. The lowest BCUT2D eigenvalue weighted by molar-refractivity contribution is -0.169. The summed E-state index contributed by atoms with van der Waals surface area (Å²) >= 11 is 0. The molecule has 108 valence electrons. The first-order valence-electron chi connectivity index (χ1n) is 7.19. The van der Waals surface area contributed by atoms with Gasteiger partial charge in [0.25, 0.3) is 0 Å². The molecular formula is C15H30O3. The van der Waals surface area contributed by atoms with Crippen LogP contribution in [0.4, 0.5) is 0 Å². The van der Waals surface area contributed by atoms with Crippen LogP contribution in [-0.4, -0.2) is 23.3 Å². The van der Waals surface area contributed by atoms with Crippen molar-refractivity contribution >= 4 is 5.97 Å². The lowest BCUT2D eigenvalue weighted by Gasteiger charge is -2.38. The minimum atomic E-state index is -1.01. The summed E-state index contributed by atoms with van der Waals surface area (Å²) in [7, 11) is 0. The van der Waals surface area contributed by atoms with Crippen molar-refractivity contribution in [1.82, 2.24) is 0 Å². The van der Waals surface area contributed by atoms with E-state index in [1.807, 2.05) is 0 Å². The number of hydrogen-bond acceptors (Lipinski definition) is 3. The Labute approximate surface area is 112 Å². The fourth-order valence-corrected chi connectivity index (χ4v) is 1.92. The van der Waals surface area contributed by atoms with E-state index in [-0.39, 0.29) is 5.97 Å². The summed E-state index contributed by atoms with van der Waals surface area (Å²) < 4.78 is 5.04. The van der Waals surface area contributed by atoms with Crippen LogP contribution in [0.3, 0.4) is 0 Å². The SMILES string of the molecule is CCCCCCCC(C)(O)C(C)(C)C(=O)OCC. The van der Waals surface area contributed by atoms with Gasteiger partial charge in [0.1, 0.15) is 0 Å². The predicted octanol–water partition coefficient (Wildman–Crippen LogP) is 3.69. The molecular weight excluding hydrogens is 228 g/mol. The van der Waals surface area contributed by atoms with Gasteiger partial charge in [0, 0.05) is 0 Å². The van der Waals surface area contributed by atoms with Gasteiger partial charge < -0.3 is 9.84 Å². The number of ether oxygens (including phenoxy) is 1. The maximum Gasteiger partial charge on any atom is 0.314 e. The molecule has 0 heterocycles. The largest absolute Gasteiger partial charge is 0.465 e. The zero-order valence-corrected chi connectivity index (χ0v) is 12.7. The van der Waals surface area contributed by atoms with Crippen molar-refractivity contribution in [3.8, 4) is 0 Å². The zero-order chi connectivity index (χ0) is 14.2. The molecule has 0 spiro atoms. The average molecular weight is 258 g/mol. The molecule has 0 aliphatic rings. The fourth-order valence-electron chi connectivity index (χ4n) is 1.92. The van der Waals surface area contributed by atoms with E-state index >= 15 is 0 Å². The van der Waals surface area contributed by atoms with Crippen LogP contribution in [0.15, 0.2) is 0 Å². The van der Waals surface area contributed by atoms with Crippen molar-refractivity contribution in [2.45, 2.75) is 78.7 Å². The van der Waals surface area contributed by atoms with Crippen LogP contribution >= 0.6 is 0 Å². The topological polar surface area (TPSA) is 46.5 Å². The standard InChI is InChI=1S/C15H30O3/c1-6-8-9-10-11-12-15(5,17)14(3,4)13(16)18-7-2/h17H,6-12H2,1-5H3. The molecule has 0 rings (SSSR count). The normalized spacial score (nSPS) is 15.2. The summed E-state index contributed by atoms with van der Waals surface area (Å²) in [6, 6.07) is 0. The highest BCUT2D eigenvalue weighted by molar-refractivity contribution is 5.77. The summed E-state index contributed by atoms with van der Waals surface area (Å²) in [5.74, 6) is -0.316. The Kier molecular flexibility index (Phi) is 7.53. The molecule has 0 radical (unpaired) electrons. The van der Waals surface area contributed by atoms with Crippen LogP contribution in [0.5, 0.6) is 0 Å². The monoisotopic (exact) mass is 258 g/mol. The van der Waals surface area contributed by atoms with Gasteiger partial charge in [-0.15, -0.1) is 0 Å². The molecule has 1 atom stereocenters. The van der Waals surface area contributed by atoms with Gasteiger partial charge in [-0.2, -0.15) is 0 Å². The summed E-state index contributed by atoms with van der Waals surface area (Å²) in [5.41, 5.74) is -1.86. The van der Waals surface area contributed by atoms with Gasteiger partial charge in [0.15, 0.2) is 0 Å². The Balaban J connectivity index is 4.28. The first-order valence-corrected chi connectivity index (χ1v) is 7.19. The Morgan fingerprint density at radius 1 is 1.06 bits per heavy atom. The van der Waals surface area contributed by atoms with E-state index in [0.717, 1.165) is 12.8 Å². The predicted molar refractivity (Wildman–Crippen MR) is 74.4 cm³/mol. The summed E-state index contributed by atoms with van der Waals surface area (Å²) in [4.78, 5) is 11.9. The lowest BCUT2D eigenvalue weighted by atomic mass is 9.73. The quantitative estimate of drug-likeness (QED) is 0.507. The lowest BCUT2D eigenvalue weighted by Crippen LogP contribution is -2.48. The van der Waals surface area contributed by atoms with Crippen molar-refractivity contribution in [2.75, 3.05) is 6.61 Å². The van der Waals surface area contributed by atoms with Crippen molar-refractivity contribution in [1.29, 1.82) is 0 Å². The van der Waals surface area contributed by atoms with Crippen molar-refractivity contribution < 1.29 is 14.6 Å². The second-order valence-corrected chi connectivity index (χ2v) is 5.78. The van der Waals surface area contributed by atoms with Crippen LogP contribution in [0.1, 0.15) is 73.1 Å². The Bertz CT molecular complexity index is 244. The van der Waals surface area contributed by atoms with E-state index in [2.05, 4.69) is 6.92 Å². The number of hydrogen-bond donors (Lipinski definition) is 1. The minimum absolute atomic E-state index is 0.316. The molecule has 0 aromatic heterocycles. The molecule has 3 heteroatoms. The number of carbonyl (C=O) groups excluding carboxylic acids is 1. The first-order chi connectivity index (χ1) is 8.29. The number of carbonyl (C=O) groups is 1. The summed E-state index contributed by atoms with van der Waals surface area (Å²) in [5, 5.41) is 10.5. The minimum Gasteiger partial charge on any atom is -0.465 e. The van der Waals surface area contributed by atoms with Crippen LogP contribution in [-0.2, 0) is 9.53 Å². The van der Waals surface area contributed by atoms with Crippen LogP contribution in [0.25, 0.3) is 0 Å². The van der Waals surface area contributed by atoms with Crippen LogP contribution in [0.2, 0.25) is 0 Å². The molecule has 0 aromatic rings. The second kappa shape index (κ2) is 7.78. The highest BCUT2D eigenvalue weighted by Crippen LogP contribution is 2.36. The zero-order valence-electron chi connectivity index (χ0n) is 12.7. The fraction of sp³-hybridized carbons (Fsp3) is 0.933. The summed E-state index contributed by atoms with van der Waals surface area (Å²) in [6.45, 7) is 9.58. The van der Waals surface area contributed by atoms with Crippen molar-refractivity contribution in [2.24, 2.45) is 5.41 Å². The van der Waals surface area contributed by atoms with Gasteiger partial charge in [-0.25, -0.2) is 0 Å². The highest BCUT2D eigenvalue weighted by Gasteiger charge is 2.45. The molecule has 0 amide bonds. The molecule has 0 aliphatic carbocycles. The van der Waals surface area contributed by atoms with Crippen molar-refractivity contribution in [3.63, 3.8) is 0 Å². The van der Waals surface area contributed by atoms with Gasteiger partial charge in [0.2, 0.25) is 0 Å². The van der Waals surface area contributed by atoms with Gasteiger partial charge in [-0.1, -0.05) is 39.0 Å². The highest BCUT2D eigenvalue weighted by atomic mass is 16.5. The van der Waals surface area contributed by atoms with Gasteiger partial charge >= 0.3 is 5.97 Å². The molecule has 3 nitrogen and oxygen atoms in total. The average Bonchev–Trinajstić information content (AvgIpc) is 2.28. The first kappa shape index (κ1) is 17.4. The van der Waals surface area contributed by atoms with Gasteiger partial charge in [-0.3, -0.25) is 4.79 Å². The smallest absolute Gasteiger partial charge is 0.314 e. The molecule has 1 unspecified atom stereocenters. The Morgan fingerprint density at radius 2 is 1.61 bits per heavy atom. The third kappa shape index (κ3) is 4.97. The van der Waals surface area contributed by atoms with E-state index in [1.54, 1.807) is 27.7 Å². The van der Waals surface area contributed by atoms with E-state index < -0.39 is 11.0 Å². The molecule has 0 bridgehead atoms. The molecule has 0 saturated heterocycles. The number of aliphatic hydroxyl groups is 1. The summed E-state index contributed by atoms with van der Waals surface area (Å²) in [6.07, 6.45) is 6.36. The van der Waals surface area contributed by atoms with E-state index in [4.69, 9.17) is 4.74 Å². The molecule has 0 saturated carbocycles. The molecule has 0 aliphatic heterocycles. The molecule has 1 N–H and O–H groups in total.